The highest BCUT2D eigenvalue weighted by molar-refractivity contribution is 7.94. The third-order valence-electron chi connectivity index (χ3n) is 5.32. The van der Waals surface area contributed by atoms with E-state index >= 15 is 0 Å². The van der Waals surface area contributed by atoms with Gasteiger partial charge in [0.15, 0.2) is 0 Å². The molecule has 0 aliphatic heterocycles. The number of nitrogens with one attached hydrogen (secondary N) is 2. The normalized spacial score (nSPS) is 13.6. The van der Waals surface area contributed by atoms with Crippen LogP contribution in [0, 0.1) is 0 Å². The van der Waals surface area contributed by atoms with E-state index in [2.05, 4.69) is 30.5 Å². The van der Waals surface area contributed by atoms with Crippen LogP contribution in [-0.2, 0) is 14.8 Å². The van der Waals surface area contributed by atoms with Crippen LogP contribution in [-0.4, -0.2) is 33.9 Å². The minimum absolute atomic E-state index is 0.388. The molecule has 0 atom stereocenters. The van der Waals surface area contributed by atoms with E-state index in [0.717, 1.165) is 15.8 Å². The van der Waals surface area contributed by atoms with Gasteiger partial charge in [-0.1, -0.05) is 81.4 Å². The summed E-state index contributed by atoms with van der Waals surface area (Å²) < 4.78 is 35.4. The zero-order valence-corrected chi connectivity index (χ0v) is 23.3. The molecule has 34 heavy (non-hydrogen) atoms. The van der Waals surface area contributed by atoms with Crippen LogP contribution in [0.2, 0.25) is 5.04 Å². The predicted octanol–water partition coefficient (Wildman–Crippen LogP) is 4.28. The predicted molar refractivity (Wildman–Crippen MR) is 142 cm³/mol. The van der Waals surface area contributed by atoms with Crippen LogP contribution in [0.5, 0.6) is 0 Å². The van der Waals surface area contributed by atoms with E-state index in [-0.39, 0.29) is 5.04 Å². The quantitative estimate of drug-likeness (QED) is 0.554. The van der Waals surface area contributed by atoms with Crippen molar-refractivity contribution in [2.24, 2.45) is 0 Å². The Labute approximate surface area is 206 Å². The average Bonchev–Trinajstić information content (AvgIpc) is 2.69. The van der Waals surface area contributed by atoms with Crippen molar-refractivity contribution in [3.8, 4) is 0 Å². The Hall–Kier alpha value is -2.42. The molecule has 186 valence electrons. The van der Waals surface area contributed by atoms with Gasteiger partial charge in [-0.05, 0) is 56.1 Å². The van der Waals surface area contributed by atoms with Crippen LogP contribution in [0.1, 0.15) is 55.4 Å². The number of benzene rings is 2. The summed E-state index contributed by atoms with van der Waals surface area (Å²) in [6.45, 7) is 14.9. The molecule has 2 rings (SSSR count). The maximum absolute atomic E-state index is 13.5. The molecule has 0 heterocycles. The molecule has 6 nitrogen and oxygen atoms in total. The number of alkyl carbamates (subject to hydrolysis) is 1. The zero-order chi connectivity index (χ0) is 25.8. The third-order valence-corrected chi connectivity index (χ3v) is 12.8. The van der Waals surface area contributed by atoms with Gasteiger partial charge >= 0.3 is 6.09 Å². The van der Waals surface area contributed by atoms with Crippen molar-refractivity contribution in [3.63, 3.8) is 0 Å². The molecule has 8 heteroatoms. The van der Waals surface area contributed by atoms with Crippen molar-refractivity contribution in [1.29, 1.82) is 0 Å². The Balaban J connectivity index is 2.48. The molecular formula is C26H38N2O4SSi. The van der Waals surface area contributed by atoms with Crippen molar-refractivity contribution in [3.05, 3.63) is 72.1 Å². The summed E-state index contributed by atoms with van der Waals surface area (Å²) in [4.78, 5) is 12.2. The minimum Gasteiger partial charge on any atom is -0.444 e. The molecule has 0 saturated heterocycles. The standard InChI is InChI=1S/C26H38N2O4SSi/c1-24(2,3)32-23(29)27-26(7,8)19-20-33(30,31)28-34(25(4,5)6,21-15-11-9-12-16-21)22-17-13-10-14-18-22/h9-20,28H,1-8H3,(H,27,29)/b20-19+. The second-order valence-corrected chi connectivity index (χ2v) is 17.4. The van der Waals surface area contributed by atoms with E-state index in [1.807, 2.05) is 60.7 Å². The van der Waals surface area contributed by atoms with Crippen LogP contribution < -0.4 is 20.1 Å². The maximum atomic E-state index is 13.5. The Morgan fingerprint density at radius 3 is 1.65 bits per heavy atom. The van der Waals surface area contributed by atoms with Crippen molar-refractivity contribution >= 4 is 34.7 Å². The molecule has 0 aliphatic rings. The lowest BCUT2D eigenvalue weighted by Gasteiger charge is -2.43. The zero-order valence-electron chi connectivity index (χ0n) is 21.5. The van der Waals surface area contributed by atoms with E-state index in [4.69, 9.17) is 4.74 Å². The van der Waals surface area contributed by atoms with Gasteiger partial charge in [-0.3, -0.25) is 0 Å². The first kappa shape index (κ1) is 27.8. The van der Waals surface area contributed by atoms with Gasteiger partial charge in [0.05, 0.1) is 5.54 Å². The molecule has 2 aromatic rings. The van der Waals surface area contributed by atoms with Gasteiger partial charge < -0.3 is 10.1 Å². The van der Waals surface area contributed by atoms with E-state index in [1.165, 1.54) is 6.08 Å². The first-order valence-corrected chi connectivity index (χ1v) is 14.9. The maximum Gasteiger partial charge on any atom is 0.408 e. The van der Waals surface area contributed by atoms with Gasteiger partial charge in [0.25, 0.3) is 0 Å². The molecule has 0 unspecified atom stereocenters. The second-order valence-electron chi connectivity index (χ2n) is 11.0. The summed E-state index contributed by atoms with van der Waals surface area (Å²) in [5, 5.41) is 5.41. The molecule has 0 radical (unpaired) electrons. The molecule has 0 fully saturated rings. The van der Waals surface area contributed by atoms with Gasteiger partial charge in [0, 0.05) is 5.41 Å². The minimum atomic E-state index is -3.88. The third kappa shape index (κ3) is 7.29. The Morgan fingerprint density at radius 2 is 1.26 bits per heavy atom. The lowest BCUT2D eigenvalue weighted by Crippen LogP contribution is -2.74. The SMILES string of the molecule is CC(C)(/C=C/S(=O)(=O)N[Si](c1ccccc1)(c1ccccc1)C(C)(C)C)NC(=O)OC(C)(C)C. The van der Waals surface area contributed by atoms with Crippen molar-refractivity contribution in [2.45, 2.75) is 71.6 Å². The first-order valence-electron chi connectivity index (χ1n) is 11.3. The van der Waals surface area contributed by atoms with E-state index in [0.29, 0.717) is 0 Å². The number of ether oxygens (including phenoxy) is 1. The van der Waals surface area contributed by atoms with Gasteiger partial charge in [0.1, 0.15) is 5.60 Å². The number of amides is 1. The molecule has 2 N–H and O–H groups in total. The number of sulfonamides is 1. The Kier molecular flexibility index (Phi) is 8.23. The van der Waals surface area contributed by atoms with Crippen LogP contribution in [0.3, 0.4) is 0 Å². The number of rotatable bonds is 7. The van der Waals surface area contributed by atoms with Gasteiger partial charge in [-0.15, -0.1) is 0 Å². The molecule has 1 amide bonds. The Morgan fingerprint density at radius 1 is 0.824 bits per heavy atom. The van der Waals surface area contributed by atoms with E-state index in [1.54, 1.807) is 34.6 Å². The Bertz CT molecular complexity index is 1060. The van der Waals surface area contributed by atoms with Crippen LogP contribution >= 0.6 is 0 Å². The smallest absolute Gasteiger partial charge is 0.408 e. The highest BCUT2D eigenvalue weighted by Crippen LogP contribution is 2.34. The topological polar surface area (TPSA) is 84.5 Å². The molecule has 0 aliphatic carbocycles. The van der Waals surface area contributed by atoms with E-state index in [9.17, 15) is 13.2 Å². The molecule has 2 aromatic carbocycles. The van der Waals surface area contributed by atoms with E-state index < -0.39 is 35.5 Å². The van der Waals surface area contributed by atoms with Gasteiger partial charge in [-0.2, -0.15) is 0 Å². The molecule has 0 bridgehead atoms. The van der Waals surface area contributed by atoms with Crippen LogP contribution in [0.25, 0.3) is 0 Å². The van der Waals surface area contributed by atoms with Crippen LogP contribution in [0.15, 0.2) is 72.1 Å². The molecule has 0 spiro atoms. The summed E-state index contributed by atoms with van der Waals surface area (Å²) in [7, 11) is -6.93. The largest absolute Gasteiger partial charge is 0.444 e. The highest BCUT2D eigenvalue weighted by Gasteiger charge is 2.50. The number of hydrogen-bond acceptors (Lipinski definition) is 4. The highest BCUT2D eigenvalue weighted by atomic mass is 32.2. The van der Waals surface area contributed by atoms with Crippen LogP contribution in [0.4, 0.5) is 4.79 Å². The van der Waals surface area contributed by atoms with Crippen molar-refractivity contribution < 1.29 is 17.9 Å². The summed E-state index contributed by atoms with van der Waals surface area (Å²) in [6, 6.07) is 19.6. The van der Waals surface area contributed by atoms with Crippen molar-refractivity contribution in [2.75, 3.05) is 0 Å². The molecule has 0 aromatic heterocycles. The first-order chi connectivity index (χ1) is 15.5. The summed E-state index contributed by atoms with van der Waals surface area (Å²) >= 11 is 0. The van der Waals surface area contributed by atoms with Crippen molar-refractivity contribution in [1.82, 2.24) is 9.70 Å². The fraction of sp³-hybridized carbons (Fsp3) is 0.423. The monoisotopic (exact) mass is 502 g/mol. The molecular weight excluding hydrogens is 464 g/mol. The number of carbonyl (C=O) groups excluding carboxylic acids is 1. The summed E-state index contributed by atoms with van der Waals surface area (Å²) in [5.41, 5.74) is -1.59. The fourth-order valence-corrected chi connectivity index (χ4v) is 11.9. The summed E-state index contributed by atoms with van der Waals surface area (Å²) in [5.74, 6) is 0. The average molecular weight is 503 g/mol. The lowest BCUT2D eigenvalue weighted by molar-refractivity contribution is 0.0491. The number of carbonyl (C=O) groups is 1. The molecule has 0 saturated carbocycles. The number of hydrogen-bond donors (Lipinski definition) is 2. The second kappa shape index (κ2) is 10.1. The summed E-state index contributed by atoms with van der Waals surface area (Å²) in [6.07, 6.45) is 0.858. The van der Waals surface area contributed by atoms with Gasteiger partial charge in [0.2, 0.25) is 18.3 Å². The fourth-order valence-electron chi connectivity index (χ4n) is 3.80. The lowest BCUT2D eigenvalue weighted by atomic mass is 10.1. The van der Waals surface area contributed by atoms with Gasteiger partial charge in [-0.25, -0.2) is 17.6 Å².